The third kappa shape index (κ3) is 5.33. The highest BCUT2D eigenvalue weighted by atomic mass is 35.5. The topological polar surface area (TPSA) is 124 Å². The smallest absolute Gasteiger partial charge is 0.323 e. The van der Waals surface area contributed by atoms with Crippen LogP contribution in [0.25, 0.3) is 0 Å². The van der Waals surface area contributed by atoms with Gasteiger partial charge in [-0.1, -0.05) is 35.0 Å². The second-order valence-electron chi connectivity index (χ2n) is 5.58. The molecule has 3 aromatic rings. The number of amides is 2. The minimum Gasteiger partial charge on any atom is -0.438 e. The van der Waals surface area contributed by atoms with Gasteiger partial charge in [-0.05, 0) is 24.3 Å². The molecule has 0 saturated heterocycles. The highest BCUT2D eigenvalue weighted by Gasteiger charge is 2.12. The van der Waals surface area contributed by atoms with Crippen LogP contribution in [-0.2, 0) is 4.84 Å². The number of rotatable bonds is 6. The van der Waals surface area contributed by atoms with Crippen molar-refractivity contribution in [3.05, 3.63) is 65.4 Å². The van der Waals surface area contributed by atoms with Crippen molar-refractivity contribution in [2.24, 2.45) is 5.16 Å². The molecule has 4 N–H and O–H groups in total. The molecular formula is C19H17ClN6O3. The molecule has 3 rings (SSSR count). The van der Waals surface area contributed by atoms with E-state index in [4.69, 9.17) is 22.1 Å². The van der Waals surface area contributed by atoms with Crippen molar-refractivity contribution in [3.8, 4) is 11.6 Å². The van der Waals surface area contributed by atoms with Crippen LogP contribution in [0.1, 0.15) is 5.56 Å². The molecule has 148 valence electrons. The van der Waals surface area contributed by atoms with E-state index < -0.39 is 6.03 Å². The molecule has 0 spiro atoms. The molecule has 0 aliphatic heterocycles. The number of nitrogens with zero attached hydrogens (tertiary/aromatic N) is 3. The molecule has 0 saturated carbocycles. The lowest BCUT2D eigenvalue weighted by Crippen LogP contribution is -2.19. The molecule has 0 aliphatic carbocycles. The van der Waals surface area contributed by atoms with E-state index in [0.29, 0.717) is 22.7 Å². The predicted molar refractivity (Wildman–Crippen MR) is 112 cm³/mol. The number of anilines is 3. The third-order valence-electron chi connectivity index (χ3n) is 3.60. The average molecular weight is 413 g/mol. The monoisotopic (exact) mass is 412 g/mol. The maximum Gasteiger partial charge on any atom is 0.323 e. The maximum atomic E-state index is 12.1. The highest BCUT2D eigenvalue weighted by Crippen LogP contribution is 2.31. The summed E-state index contributed by atoms with van der Waals surface area (Å²) in [4.78, 5) is 24.7. The molecular weight excluding hydrogens is 396 g/mol. The zero-order valence-corrected chi connectivity index (χ0v) is 16.1. The van der Waals surface area contributed by atoms with Gasteiger partial charge in [0.25, 0.3) is 0 Å². The van der Waals surface area contributed by atoms with E-state index in [1.807, 2.05) is 18.2 Å². The van der Waals surface area contributed by atoms with E-state index in [9.17, 15) is 4.79 Å². The zero-order valence-electron chi connectivity index (χ0n) is 15.3. The van der Waals surface area contributed by atoms with Gasteiger partial charge in [-0.15, -0.1) is 0 Å². The number of hydrogen-bond acceptors (Lipinski definition) is 7. The number of carbonyl (C=O) groups excluding carboxylic acids is 1. The maximum absolute atomic E-state index is 12.1. The van der Waals surface area contributed by atoms with E-state index in [1.165, 1.54) is 25.7 Å². The molecule has 0 unspecified atom stereocenters. The Labute approximate surface area is 171 Å². The summed E-state index contributed by atoms with van der Waals surface area (Å²) in [6.45, 7) is 0. The number of nitrogen functional groups attached to an aromatic ring is 1. The van der Waals surface area contributed by atoms with Crippen molar-refractivity contribution in [2.75, 3.05) is 23.5 Å². The summed E-state index contributed by atoms with van der Waals surface area (Å²) < 4.78 is 5.73. The van der Waals surface area contributed by atoms with Crippen LogP contribution in [0.2, 0.25) is 5.02 Å². The SMILES string of the molecule is CO/N=C/c1c(N)ncnc1Oc1ccc(NC(=O)Nc2ccccc2)c(Cl)c1. The number of nitrogens with one attached hydrogen (secondary N) is 2. The Morgan fingerprint density at radius 2 is 1.97 bits per heavy atom. The fourth-order valence-electron chi connectivity index (χ4n) is 2.28. The molecule has 0 fully saturated rings. The fourth-order valence-corrected chi connectivity index (χ4v) is 2.50. The van der Waals surface area contributed by atoms with Crippen molar-refractivity contribution in [3.63, 3.8) is 0 Å². The Bertz CT molecular complexity index is 1030. The fraction of sp³-hybridized carbons (Fsp3) is 0.0526. The summed E-state index contributed by atoms with van der Waals surface area (Å²) in [6, 6.07) is 13.4. The van der Waals surface area contributed by atoms with Crippen LogP contribution in [0.15, 0.2) is 60.0 Å². The van der Waals surface area contributed by atoms with Gasteiger partial charge < -0.3 is 25.9 Å². The lowest BCUT2D eigenvalue weighted by Gasteiger charge is -2.12. The molecule has 2 aromatic carbocycles. The molecule has 0 atom stereocenters. The van der Waals surface area contributed by atoms with Crippen LogP contribution >= 0.6 is 11.6 Å². The van der Waals surface area contributed by atoms with E-state index >= 15 is 0 Å². The Hall–Kier alpha value is -3.85. The lowest BCUT2D eigenvalue weighted by atomic mass is 10.3. The highest BCUT2D eigenvalue weighted by molar-refractivity contribution is 6.34. The van der Waals surface area contributed by atoms with Crippen molar-refractivity contribution in [2.45, 2.75) is 0 Å². The Balaban J connectivity index is 1.72. The minimum atomic E-state index is -0.423. The van der Waals surface area contributed by atoms with E-state index in [-0.39, 0.29) is 16.7 Å². The van der Waals surface area contributed by atoms with Crippen molar-refractivity contribution < 1.29 is 14.4 Å². The minimum absolute atomic E-state index is 0.178. The van der Waals surface area contributed by atoms with Gasteiger partial charge in [-0.2, -0.15) is 0 Å². The number of urea groups is 1. The van der Waals surface area contributed by atoms with E-state index in [0.717, 1.165) is 0 Å². The van der Waals surface area contributed by atoms with Crippen molar-refractivity contribution >= 4 is 41.0 Å². The summed E-state index contributed by atoms with van der Waals surface area (Å²) in [6.07, 6.45) is 2.61. The van der Waals surface area contributed by atoms with Gasteiger partial charge in [0, 0.05) is 11.8 Å². The van der Waals surface area contributed by atoms with Crippen molar-refractivity contribution in [1.82, 2.24) is 9.97 Å². The lowest BCUT2D eigenvalue weighted by molar-refractivity contribution is 0.215. The first kappa shape index (κ1) is 19.9. The van der Waals surface area contributed by atoms with Crippen LogP contribution in [-0.4, -0.2) is 29.3 Å². The predicted octanol–water partition coefficient (Wildman–Crippen LogP) is 4.13. The standard InChI is InChI=1S/C19H17ClN6O3/c1-28-24-10-14-17(21)22-11-23-18(14)29-13-7-8-16(15(20)9-13)26-19(27)25-12-5-3-2-4-6-12/h2-11H,1H3,(H2,21,22,23)(H2,25,26,27)/b24-10+. The first-order valence-electron chi connectivity index (χ1n) is 8.34. The Kier molecular flexibility index (Phi) is 6.43. The van der Waals surface area contributed by atoms with E-state index in [1.54, 1.807) is 24.3 Å². The van der Waals surface area contributed by atoms with Gasteiger partial charge in [-0.3, -0.25) is 0 Å². The molecule has 29 heavy (non-hydrogen) atoms. The van der Waals surface area contributed by atoms with Gasteiger partial charge in [0.05, 0.1) is 16.9 Å². The number of halogens is 1. The van der Waals surface area contributed by atoms with Crippen LogP contribution in [0.3, 0.4) is 0 Å². The molecule has 1 aromatic heterocycles. The summed E-state index contributed by atoms with van der Waals surface area (Å²) in [7, 11) is 1.40. The van der Waals surface area contributed by atoms with Crippen LogP contribution in [0.4, 0.5) is 22.0 Å². The molecule has 9 nitrogen and oxygen atoms in total. The number of benzene rings is 2. The normalized spacial score (nSPS) is 10.6. The van der Waals surface area contributed by atoms with Gasteiger partial charge in [0.1, 0.15) is 30.6 Å². The Morgan fingerprint density at radius 1 is 1.17 bits per heavy atom. The third-order valence-corrected chi connectivity index (χ3v) is 3.91. The number of ether oxygens (including phenoxy) is 1. The average Bonchev–Trinajstić information content (AvgIpc) is 2.70. The quantitative estimate of drug-likeness (QED) is 0.413. The number of carbonyl (C=O) groups is 1. The number of aromatic nitrogens is 2. The molecule has 0 aliphatic rings. The summed E-state index contributed by atoms with van der Waals surface area (Å²) >= 11 is 6.27. The van der Waals surface area contributed by atoms with Gasteiger partial charge in [-0.25, -0.2) is 14.8 Å². The number of oxime groups is 1. The zero-order chi connectivity index (χ0) is 20.6. The molecule has 10 heteroatoms. The number of hydrogen-bond donors (Lipinski definition) is 3. The van der Waals surface area contributed by atoms with Crippen molar-refractivity contribution in [1.29, 1.82) is 0 Å². The molecule has 0 bridgehead atoms. The summed E-state index contributed by atoms with van der Waals surface area (Å²) in [5.41, 5.74) is 7.26. The number of nitrogens with two attached hydrogens (primary N) is 1. The molecule has 2 amide bonds. The summed E-state index contributed by atoms with van der Waals surface area (Å²) in [5, 5.41) is 9.32. The second kappa shape index (κ2) is 9.38. The van der Waals surface area contributed by atoms with Crippen LogP contribution in [0, 0.1) is 0 Å². The van der Waals surface area contributed by atoms with Gasteiger partial charge in [0.15, 0.2) is 0 Å². The molecule has 1 heterocycles. The van der Waals surface area contributed by atoms with E-state index in [2.05, 4.69) is 30.6 Å². The van der Waals surface area contributed by atoms with Gasteiger partial charge >= 0.3 is 6.03 Å². The number of para-hydroxylation sites is 1. The van der Waals surface area contributed by atoms with Gasteiger partial charge in [0.2, 0.25) is 5.88 Å². The first-order valence-corrected chi connectivity index (χ1v) is 8.72. The second-order valence-corrected chi connectivity index (χ2v) is 5.99. The Morgan fingerprint density at radius 3 is 2.69 bits per heavy atom. The molecule has 0 radical (unpaired) electrons. The largest absolute Gasteiger partial charge is 0.438 e. The van der Waals surface area contributed by atoms with Crippen LogP contribution in [0.5, 0.6) is 11.6 Å². The first-order chi connectivity index (χ1) is 14.1. The van der Waals surface area contributed by atoms with Crippen LogP contribution < -0.4 is 21.1 Å². The summed E-state index contributed by atoms with van der Waals surface area (Å²) in [5.74, 6) is 0.740.